The van der Waals surface area contributed by atoms with Gasteiger partial charge in [-0.05, 0) is 36.2 Å². The molecule has 1 N–H and O–H groups in total. The fraction of sp³-hybridized carbons (Fsp3) is 0.278. The third-order valence-corrected chi connectivity index (χ3v) is 4.42. The topological polar surface area (TPSA) is 40.8 Å². The molecular formula is C18H18FN3O. The number of halogens is 1. The first-order valence-electron chi connectivity index (χ1n) is 7.79. The molecule has 1 aromatic carbocycles. The zero-order valence-corrected chi connectivity index (χ0v) is 12.6. The Morgan fingerprint density at radius 1 is 1.17 bits per heavy atom. The summed E-state index contributed by atoms with van der Waals surface area (Å²) in [5, 5.41) is 10.1. The molecule has 1 aliphatic heterocycles. The molecule has 0 bridgehead atoms. The first kappa shape index (κ1) is 14.4. The number of rotatable bonds is 3. The number of hydrogen-bond acceptors (Lipinski definition) is 3. The zero-order chi connectivity index (χ0) is 15.8. The molecule has 2 aromatic heterocycles. The number of β-amino-alcohol motifs (C(OH)–C–C–N with tert-alkyl or cyclic N) is 1. The Hall–Kier alpha value is -2.24. The van der Waals surface area contributed by atoms with Crippen LogP contribution in [0.3, 0.4) is 0 Å². The van der Waals surface area contributed by atoms with Gasteiger partial charge in [0.15, 0.2) is 0 Å². The molecule has 5 heteroatoms. The Bertz CT molecular complexity index is 782. The third-order valence-electron chi connectivity index (χ3n) is 4.42. The summed E-state index contributed by atoms with van der Waals surface area (Å²) in [4.78, 5) is 6.83. The second-order valence-electron chi connectivity index (χ2n) is 6.08. The van der Waals surface area contributed by atoms with Gasteiger partial charge in [-0.25, -0.2) is 9.37 Å². The van der Waals surface area contributed by atoms with Crippen LogP contribution in [0.1, 0.15) is 23.7 Å². The molecule has 0 radical (unpaired) electrons. The summed E-state index contributed by atoms with van der Waals surface area (Å²) in [7, 11) is 0. The number of imidazole rings is 1. The average molecular weight is 311 g/mol. The Morgan fingerprint density at radius 3 is 2.78 bits per heavy atom. The second kappa shape index (κ2) is 5.76. The van der Waals surface area contributed by atoms with Crippen LogP contribution in [0.4, 0.5) is 4.39 Å². The molecule has 1 aliphatic rings. The molecular weight excluding hydrogens is 293 g/mol. The standard InChI is InChI=1S/C18H18FN3O/c19-14-6-4-13(5-7-14)17-9-16(23)12-22(17)11-15-10-21-8-2-1-3-18(21)20-15/h1-8,10,16-17,23H,9,11-12H2/t16-,17+/m0/s1. The maximum Gasteiger partial charge on any atom is 0.137 e. The van der Waals surface area contributed by atoms with Gasteiger partial charge in [-0.2, -0.15) is 0 Å². The average Bonchev–Trinajstić information content (AvgIpc) is 3.11. The van der Waals surface area contributed by atoms with Crippen LogP contribution in [0.2, 0.25) is 0 Å². The van der Waals surface area contributed by atoms with Gasteiger partial charge < -0.3 is 9.51 Å². The second-order valence-corrected chi connectivity index (χ2v) is 6.08. The van der Waals surface area contributed by atoms with Gasteiger partial charge in [0.2, 0.25) is 0 Å². The van der Waals surface area contributed by atoms with Crippen LogP contribution in [0.15, 0.2) is 54.9 Å². The van der Waals surface area contributed by atoms with E-state index in [1.807, 2.05) is 35.0 Å². The summed E-state index contributed by atoms with van der Waals surface area (Å²) in [5.74, 6) is -0.237. The molecule has 0 saturated carbocycles. The lowest BCUT2D eigenvalue weighted by molar-refractivity contribution is 0.172. The van der Waals surface area contributed by atoms with Crippen molar-refractivity contribution in [2.75, 3.05) is 6.54 Å². The number of aromatic nitrogens is 2. The van der Waals surface area contributed by atoms with Crippen molar-refractivity contribution in [1.29, 1.82) is 0 Å². The van der Waals surface area contributed by atoms with Gasteiger partial charge >= 0.3 is 0 Å². The Morgan fingerprint density at radius 2 is 2.00 bits per heavy atom. The first-order valence-corrected chi connectivity index (χ1v) is 7.79. The molecule has 23 heavy (non-hydrogen) atoms. The molecule has 0 spiro atoms. The molecule has 0 amide bonds. The smallest absolute Gasteiger partial charge is 0.137 e. The SMILES string of the molecule is O[C@H]1C[C@H](c2ccc(F)cc2)N(Cc2cn3ccccc3n2)C1. The lowest BCUT2D eigenvalue weighted by atomic mass is 10.0. The van der Waals surface area contributed by atoms with Crippen LogP contribution in [-0.2, 0) is 6.54 Å². The lowest BCUT2D eigenvalue weighted by Crippen LogP contribution is -2.24. The van der Waals surface area contributed by atoms with E-state index < -0.39 is 0 Å². The fourth-order valence-corrected chi connectivity index (χ4v) is 3.36. The number of likely N-dealkylation sites (tertiary alicyclic amines) is 1. The van der Waals surface area contributed by atoms with Crippen LogP contribution in [0.5, 0.6) is 0 Å². The Balaban J connectivity index is 1.59. The third kappa shape index (κ3) is 2.85. The monoisotopic (exact) mass is 311 g/mol. The molecule has 1 fully saturated rings. The Kier molecular flexibility index (Phi) is 3.59. The molecule has 1 saturated heterocycles. The van der Waals surface area contributed by atoms with E-state index in [1.54, 1.807) is 12.1 Å². The van der Waals surface area contributed by atoms with Crippen molar-refractivity contribution >= 4 is 5.65 Å². The van der Waals surface area contributed by atoms with E-state index in [2.05, 4.69) is 9.88 Å². The van der Waals surface area contributed by atoms with E-state index in [0.29, 0.717) is 19.5 Å². The largest absolute Gasteiger partial charge is 0.392 e. The molecule has 0 unspecified atom stereocenters. The molecule has 3 heterocycles. The highest BCUT2D eigenvalue weighted by Crippen LogP contribution is 2.33. The quantitative estimate of drug-likeness (QED) is 0.808. The van der Waals surface area contributed by atoms with Crippen LogP contribution in [-0.4, -0.2) is 32.0 Å². The van der Waals surface area contributed by atoms with E-state index in [0.717, 1.165) is 16.9 Å². The molecule has 4 rings (SSSR count). The summed E-state index contributed by atoms with van der Waals surface area (Å²) < 4.78 is 15.1. The van der Waals surface area contributed by atoms with E-state index in [9.17, 15) is 9.50 Å². The normalized spacial score (nSPS) is 22.0. The minimum Gasteiger partial charge on any atom is -0.392 e. The molecule has 2 atom stereocenters. The number of hydrogen-bond donors (Lipinski definition) is 1. The first-order chi connectivity index (χ1) is 11.2. The van der Waals surface area contributed by atoms with Crippen LogP contribution in [0.25, 0.3) is 5.65 Å². The van der Waals surface area contributed by atoms with Gasteiger partial charge in [-0.15, -0.1) is 0 Å². The molecule has 3 aromatic rings. The molecule has 118 valence electrons. The number of nitrogens with zero attached hydrogens (tertiary/aromatic N) is 3. The van der Waals surface area contributed by atoms with Gasteiger partial charge in [0, 0.05) is 31.5 Å². The number of pyridine rings is 1. The summed E-state index contributed by atoms with van der Waals surface area (Å²) in [6.45, 7) is 1.27. The number of aliphatic hydroxyl groups excluding tert-OH is 1. The van der Waals surface area contributed by atoms with E-state index >= 15 is 0 Å². The minimum absolute atomic E-state index is 0.0930. The summed E-state index contributed by atoms with van der Waals surface area (Å²) in [6, 6.07) is 12.6. The summed E-state index contributed by atoms with van der Waals surface area (Å²) in [5.41, 5.74) is 2.92. The highest BCUT2D eigenvalue weighted by molar-refractivity contribution is 5.39. The van der Waals surface area contributed by atoms with Crippen LogP contribution < -0.4 is 0 Å². The number of aliphatic hydroxyl groups is 1. The van der Waals surface area contributed by atoms with Crippen molar-refractivity contribution in [3.63, 3.8) is 0 Å². The van der Waals surface area contributed by atoms with Crippen molar-refractivity contribution in [3.05, 3.63) is 71.9 Å². The van der Waals surface area contributed by atoms with Crippen molar-refractivity contribution in [1.82, 2.24) is 14.3 Å². The van der Waals surface area contributed by atoms with Crippen molar-refractivity contribution in [3.8, 4) is 0 Å². The van der Waals surface area contributed by atoms with Gasteiger partial charge in [0.05, 0.1) is 11.8 Å². The predicted molar refractivity (Wildman–Crippen MR) is 85.4 cm³/mol. The van der Waals surface area contributed by atoms with Crippen LogP contribution in [0, 0.1) is 5.82 Å². The Labute approximate surface area is 133 Å². The maximum absolute atomic E-state index is 13.1. The summed E-state index contributed by atoms with van der Waals surface area (Å²) >= 11 is 0. The van der Waals surface area contributed by atoms with Crippen molar-refractivity contribution in [2.45, 2.75) is 25.1 Å². The van der Waals surface area contributed by atoms with E-state index in [1.165, 1.54) is 12.1 Å². The molecule has 0 aliphatic carbocycles. The predicted octanol–water partition coefficient (Wildman–Crippen LogP) is 2.78. The molecule has 4 nitrogen and oxygen atoms in total. The minimum atomic E-state index is -0.359. The van der Waals surface area contributed by atoms with Crippen LogP contribution >= 0.6 is 0 Å². The number of benzene rings is 1. The highest BCUT2D eigenvalue weighted by atomic mass is 19.1. The maximum atomic E-state index is 13.1. The van der Waals surface area contributed by atoms with Gasteiger partial charge in [0.25, 0.3) is 0 Å². The number of fused-ring (bicyclic) bond motifs is 1. The fourth-order valence-electron chi connectivity index (χ4n) is 3.36. The lowest BCUT2D eigenvalue weighted by Gasteiger charge is -2.23. The van der Waals surface area contributed by atoms with E-state index in [4.69, 9.17) is 0 Å². The zero-order valence-electron chi connectivity index (χ0n) is 12.6. The van der Waals surface area contributed by atoms with Gasteiger partial charge in [0.1, 0.15) is 11.5 Å². The summed E-state index contributed by atoms with van der Waals surface area (Å²) in [6.07, 6.45) is 4.30. The van der Waals surface area contributed by atoms with Gasteiger partial charge in [-0.1, -0.05) is 18.2 Å². The van der Waals surface area contributed by atoms with Crippen molar-refractivity contribution in [2.24, 2.45) is 0 Å². The van der Waals surface area contributed by atoms with Gasteiger partial charge in [-0.3, -0.25) is 4.90 Å². The highest BCUT2D eigenvalue weighted by Gasteiger charge is 2.32. The van der Waals surface area contributed by atoms with E-state index in [-0.39, 0.29) is 18.0 Å². The van der Waals surface area contributed by atoms with Crippen molar-refractivity contribution < 1.29 is 9.50 Å².